The van der Waals surface area contributed by atoms with Crippen molar-refractivity contribution in [2.24, 2.45) is 5.73 Å². The molecule has 0 saturated heterocycles. The molecule has 3 aromatic carbocycles. The molecule has 1 fully saturated rings. The van der Waals surface area contributed by atoms with Crippen LogP contribution in [0, 0.1) is 0 Å². The van der Waals surface area contributed by atoms with Crippen molar-refractivity contribution < 1.29 is 9.59 Å². The number of nitrogens with two attached hydrogens (primary N) is 1. The van der Waals surface area contributed by atoms with Gasteiger partial charge in [-0.15, -0.1) is 0 Å². The summed E-state index contributed by atoms with van der Waals surface area (Å²) in [6.45, 7) is 0. The van der Waals surface area contributed by atoms with Gasteiger partial charge in [0.15, 0.2) is 0 Å². The Bertz CT molecular complexity index is 1110. The minimum atomic E-state index is -0.825. The fraction of sp³-hybridized carbons (Fsp3) is 0.259. The van der Waals surface area contributed by atoms with E-state index < -0.39 is 11.9 Å². The number of carbonyl (C=O) groups is 2. The number of amides is 2. The van der Waals surface area contributed by atoms with Gasteiger partial charge in [0.2, 0.25) is 5.91 Å². The van der Waals surface area contributed by atoms with Gasteiger partial charge < -0.3 is 10.6 Å². The lowest BCUT2D eigenvalue weighted by molar-refractivity contribution is -0.123. The molecule has 31 heavy (non-hydrogen) atoms. The number of hydrogen-bond donors (Lipinski definition) is 1. The van der Waals surface area contributed by atoms with Gasteiger partial charge in [-0.2, -0.15) is 0 Å². The molecule has 0 spiro atoms. The fourth-order valence-corrected chi connectivity index (χ4v) is 4.82. The molecule has 3 aromatic rings. The molecule has 2 amide bonds. The maximum atomic E-state index is 13.8. The second-order valence-corrected chi connectivity index (χ2v) is 8.58. The molecule has 0 radical (unpaired) electrons. The summed E-state index contributed by atoms with van der Waals surface area (Å²) in [5, 5.41) is 0. The smallest absolute Gasteiger partial charge is 0.255 e. The molecule has 2 aliphatic rings. The molecular weight excluding hydrogens is 384 g/mol. The maximum Gasteiger partial charge on any atom is 0.255 e. The van der Waals surface area contributed by atoms with Gasteiger partial charge in [0, 0.05) is 5.56 Å². The van der Waals surface area contributed by atoms with Gasteiger partial charge in [-0.25, -0.2) is 0 Å². The predicted octanol–water partition coefficient (Wildman–Crippen LogP) is 4.92. The van der Waals surface area contributed by atoms with E-state index in [1.165, 1.54) is 24.0 Å². The third-order valence-electron chi connectivity index (χ3n) is 6.52. The molecule has 2 N–H and O–H groups in total. The number of hydrogen-bond acceptors (Lipinski definition) is 2. The number of rotatable bonds is 6. The van der Waals surface area contributed by atoms with Crippen molar-refractivity contribution in [3.8, 4) is 0 Å². The van der Waals surface area contributed by atoms with Crippen LogP contribution in [0.1, 0.15) is 69.9 Å². The number of aryl methyl sites for hydroxylation is 1. The molecule has 2 atom stereocenters. The third-order valence-corrected chi connectivity index (χ3v) is 6.52. The maximum absolute atomic E-state index is 13.8. The molecule has 0 heterocycles. The van der Waals surface area contributed by atoms with E-state index in [-0.39, 0.29) is 11.9 Å². The van der Waals surface area contributed by atoms with E-state index in [1.54, 1.807) is 17.0 Å². The Labute approximate surface area is 182 Å². The van der Waals surface area contributed by atoms with E-state index >= 15 is 0 Å². The van der Waals surface area contributed by atoms with Gasteiger partial charge in [0.1, 0.15) is 6.04 Å². The van der Waals surface area contributed by atoms with Gasteiger partial charge >= 0.3 is 0 Å². The summed E-state index contributed by atoms with van der Waals surface area (Å²) < 4.78 is 0. The summed E-state index contributed by atoms with van der Waals surface area (Å²) >= 11 is 0. The molecule has 0 aromatic heterocycles. The number of primary amides is 1. The van der Waals surface area contributed by atoms with E-state index in [0.29, 0.717) is 11.5 Å². The molecule has 0 bridgehead atoms. The Balaban J connectivity index is 1.62. The van der Waals surface area contributed by atoms with Crippen LogP contribution in [0.4, 0.5) is 0 Å². The lowest BCUT2D eigenvalue weighted by Gasteiger charge is -2.36. The predicted molar refractivity (Wildman–Crippen MR) is 120 cm³/mol. The van der Waals surface area contributed by atoms with Gasteiger partial charge in [-0.3, -0.25) is 9.59 Å². The largest absolute Gasteiger partial charge is 0.368 e. The first kappa shape index (κ1) is 19.6. The number of fused-ring (bicyclic) bond motifs is 1. The monoisotopic (exact) mass is 410 g/mol. The fourth-order valence-electron chi connectivity index (χ4n) is 4.82. The van der Waals surface area contributed by atoms with Gasteiger partial charge in [0.05, 0.1) is 6.04 Å². The first-order chi connectivity index (χ1) is 15.1. The second-order valence-electron chi connectivity index (χ2n) is 8.58. The Morgan fingerprint density at radius 1 is 0.871 bits per heavy atom. The first-order valence-corrected chi connectivity index (χ1v) is 11.0. The average molecular weight is 411 g/mol. The molecule has 4 heteroatoms. The van der Waals surface area contributed by atoms with Crippen LogP contribution in [0.15, 0.2) is 78.9 Å². The van der Waals surface area contributed by atoms with Crippen molar-refractivity contribution in [3.05, 3.63) is 107 Å². The van der Waals surface area contributed by atoms with E-state index in [0.717, 1.165) is 24.0 Å². The lowest BCUT2D eigenvalue weighted by atomic mass is 9.96. The van der Waals surface area contributed by atoms with Gasteiger partial charge in [0.25, 0.3) is 5.91 Å². The van der Waals surface area contributed by atoms with Crippen LogP contribution >= 0.6 is 0 Å². The van der Waals surface area contributed by atoms with Crippen LogP contribution in [0.3, 0.4) is 0 Å². The molecule has 1 saturated carbocycles. The van der Waals surface area contributed by atoms with Crippen molar-refractivity contribution in [2.75, 3.05) is 0 Å². The summed E-state index contributed by atoms with van der Waals surface area (Å²) in [5.74, 6) is -0.0453. The zero-order chi connectivity index (χ0) is 21.4. The van der Waals surface area contributed by atoms with E-state index in [4.69, 9.17) is 5.73 Å². The zero-order valence-corrected chi connectivity index (χ0v) is 17.4. The SMILES string of the molecule is NC(=O)[C@@H](c1ccccc1)N(C(=O)c1ccccc1)[C@@H]1CCc2ccc(C3CC3)cc21. The lowest BCUT2D eigenvalue weighted by Crippen LogP contribution is -2.43. The van der Waals surface area contributed by atoms with E-state index in [2.05, 4.69) is 18.2 Å². The Kier molecular flexibility index (Phi) is 5.06. The topological polar surface area (TPSA) is 63.4 Å². The highest BCUT2D eigenvalue weighted by atomic mass is 16.2. The molecule has 2 aliphatic carbocycles. The Hall–Kier alpha value is -3.40. The molecule has 5 rings (SSSR count). The van der Waals surface area contributed by atoms with Crippen molar-refractivity contribution in [2.45, 2.75) is 43.7 Å². The number of carbonyl (C=O) groups excluding carboxylic acids is 2. The Morgan fingerprint density at radius 2 is 1.55 bits per heavy atom. The average Bonchev–Trinajstić information content (AvgIpc) is 3.58. The summed E-state index contributed by atoms with van der Waals surface area (Å²) in [6, 6.07) is 24.3. The first-order valence-electron chi connectivity index (χ1n) is 11.0. The molecule has 4 nitrogen and oxygen atoms in total. The highest BCUT2D eigenvalue weighted by Gasteiger charge is 2.40. The quantitative estimate of drug-likeness (QED) is 0.627. The Morgan fingerprint density at radius 3 is 2.19 bits per heavy atom. The van der Waals surface area contributed by atoms with Crippen molar-refractivity contribution >= 4 is 11.8 Å². The third kappa shape index (κ3) is 3.74. The molecule has 0 aliphatic heterocycles. The van der Waals surface area contributed by atoms with Gasteiger partial charge in [-0.05, 0) is 66.0 Å². The van der Waals surface area contributed by atoms with Crippen molar-refractivity contribution in [1.29, 1.82) is 0 Å². The van der Waals surface area contributed by atoms with Gasteiger partial charge in [-0.1, -0.05) is 66.7 Å². The number of nitrogens with zero attached hydrogens (tertiary/aromatic N) is 1. The van der Waals surface area contributed by atoms with E-state index in [1.807, 2.05) is 48.5 Å². The van der Waals surface area contributed by atoms with Crippen LogP contribution < -0.4 is 5.73 Å². The van der Waals surface area contributed by atoms with E-state index in [9.17, 15) is 9.59 Å². The minimum absolute atomic E-state index is 0.164. The molecule has 156 valence electrons. The summed E-state index contributed by atoms with van der Waals surface area (Å²) in [4.78, 5) is 28.3. The van der Waals surface area contributed by atoms with Crippen molar-refractivity contribution in [3.63, 3.8) is 0 Å². The van der Waals surface area contributed by atoms with Crippen LogP contribution in [-0.2, 0) is 11.2 Å². The van der Waals surface area contributed by atoms with Crippen molar-refractivity contribution in [1.82, 2.24) is 4.90 Å². The molecule has 0 unspecified atom stereocenters. The second kappa shape index (κ2) is 8.03. The van der Waals surface area contributed by atoms with Crippen LogP contribution in [0.25, 0.3) is 0 Å². The normalized spacial score (nSPS) is 18.3. The summed E-state index contributed by atoms with van der Waals surface area (Å²) in [6.07, 6.45) is 4.14. The summed E-state index contributed by atoms with van der Waals surface area (Å²) in [7, 11) is 0. The van der Waals surface area contributed by atoms with Crippen LogP contribution in [0.5, 0.6) is 0 Å². The molecular formula is C27H26N2O2. The summed E-state index contributed by atoms with van der Waals surface area (Å²) in [5.41, 5.74) is 11.0. The number of benzene rings is 3. The highest BCUT2D eigenvalue weighted by Crippen LogP contribution is 2.45. The standard InChI is InChI=1S/C27H26N2O2/c28-26(30)25(20-7-3-1-4-8-20)29(27(31)21-9-5-2-6-10-21)24-16-15-19-13-14-22(17-23(19)24)18-11-12-18/h1-10,13-14,17-18,24-25H,11-12,15-16H2,(H2,28,30)/t24-,25-/m1/s1. The highest BCUT2D eigenvalue weighted by molar-refractivity contribution is 5.98. The minimum Gasteiger partial charge on any atom is -0.368 e. The van der Waals surface area contributed by atoms with Crippen LogP contribution in [0.2, 0.25) is 0 Å². The zero-order valence-electron chi connectivity index (χ0n) is 17.4. The van der Waals surface area contributed by atoms with Crippen LogP contribution in [-0.4, -0.2) is 16.7 Å².